The van der Waals surface area contributed by atoms with Gasteiger partial charge in [-0.2, -0.15) is 0 Å². The molecule has 1 N–H and O–H groups in total. The number of halogens is 5. The van der Waals surface area contributed by atoms with Crippen LogP contribution in [0.2, 0.25) is 0 Å². The molecule has 5 rings (SSSR count). The topological polar surface area (TPSA) is 31.5 Å². The monoisotopic (exact) mass is 521 g/mol. The van der Waals surface area contributed by atoms with Crippen molar-refractivity contribution < 1.29 is 26.7 Å². The van der Waals surface area contributed by atoms with Crippen LogP contribution in [-0.2, 0) is 6.42 Å². The third-order valence-electron chi connectivity index (χ3n) is 7.29. The van der Waals surface area contributed by atoms with E-state index in [1.54, 1.807) is 11.0 Å². The Morgan fingerprint density at radius 1 is 1.08 bits per heavy atom. The predicted octanol–water partition coefficient (Wildman–Crippen LogP) is 6.09. The van der Waals surface area contributed by atoms with Gasteiger partial charge in [0.25, 0.3) is 0 Å². The lowest BCUT2D eigenvalue weighted by Gasteiger charge is -2.43. The highest BCUT2D eigenvalue weighted by Gasteiger charge is 2.41. The standard InChI is InChI=1S/C28H32F5N3O/c1-16-9-21-20-10-17(30)5-6-24(20)34-26(21)27(36(16)15-28(2,3)33)25-22(31)11-18(12-23(25)32)37-19-13-35(14-19)8-4-7-29/h5-6,10-12,16,19,27,34H,4,7-9,13-15H2,1-3H3. The van der Waals surface area contributed by atoms with Gasteiger partial charge in [0, 0.05) is 66.5 Å². The fourth-order valence-electron chi connectivity index (χ4n) is 5.66. The first-order chi connectivity index (χ1) is 17.5. The highest BCUT2D eigenvalue weighted by molar-refractivity contribution is 5.85. The number of nitrogens with zero attached hydrogens (tertiary/aromatic N) is 2. The second kappa shape index (κ2) is 9.91. The van der Waals surface area contributed by atoms with Crippen molar-refractivity contribution in [2.24, 2.45) is 0 Å². The van der Waals surface area contributed by atoms with Crippen LogP contribution in [-0.4, -0.2) is 65.5 Å². The first-order valence-corrected chi connectivity index (χ1v) is 12.7. The molecule has 1 saturated heterocycles. The molecule has 3 aromatic rings. The number of hydrogen-bond donors (Lipinski definition) is 1. The van der Waals surface area contributed by atoms with Crippen molar-refractivity contribution in [3.05, 3.63) is 64.6 Å². The van der Waals surface area contributed by atoms with Gasteiger partial charge in [0.15, 0.2) is 0 Å². The van der Waals surface area contributed by atoms with Crippen molar-refractivity contribution in [2.45, 2.75) is 57.5 Å². The van der Waals surface area contributed by atoms with Gasteiger partial charge in [0.1, 0.15) is 35.0 Å². The first-order valence-electron chi connectivity index (χ1n) is 12.7. The van der Waals surface area contributed by atoms with Gasteiger partial charge in [-0.1, -0.05) is 0 Å². The van der Waals surface area contributed by atoms with E-state index in [0.29, 0.717) is 49.1 Å². The van der Waals surface area contributed by atoms with E-state index in [-0.39, 0.29) is 36.7 Å². The van der Waals surface area contributed by atoms with Gasteiger partial charge in [-0.25, -0.2) is 17.6 Å². The molecule has 2 aliphatic heterocycles. The fourth-order valence-corrected chi connectivity index (χ4v) is 5.66. The molecule has 3 heterocycles. The van der Waals surface area contributed by atoms with Crippen LogP contribution in [0, 0.1) is 17.5 Å². The normalized spacial score (nSPS) is 21.3. The second-order valence-electron chi connectivity index (χ2n) is 10.9. The molecule has 9 heteroatoms. The molecule has 0 radical (unpaired) electrons. The lowest BCUT2D eigenvalue weighted by atomic mass is 9.87. The van der Waals surface area contributed by atoms with E-state index in [0.717, 1.165) is 5.56 Å². The van der Waals surface area contributed by atoms with Gasteiger partial charge in [-0.3, -0.25) is 14.2 Å². The van der Waals surface area contributed by atoms with E-state index in [4.69, 9.17) is 4.74 Å². The predicted molar refractivity (Wildman–Crippen MR) is 133 cm³/mol. The highest BCUT2D eigenvalue weighted by Crippen LogP contribution is 2.44. The van der Waals surface area contributed by atoms with E-state index in [1.807, 2.05) is 11.8 Å². The molecule has 2 aliphatic rings. The first kappa shape index (κ1) is 26.0. The minimum absolute atomic E-state index is 0.0457. The van der Waals surface area contributed by atoms with Gasteiger partial charge < -0.3 is 9.72 Å². The number of rotatable bonds is 8. The van der Waals surface area contributed by atoms with Crippen LogP contribution < -0.4 is 4.74 Å². The summed E-state index contributed by atoms with van der Waals surface area (Å²) in [6.45, 7) is 6.09. The van der Waals surface area contributed by atoms with E-state index in [2.05, 4.69) is 4.98 Å². The summed E-state index contributed by atoms with van der Waals surface area (Å²) in [7, 11) is 0. The van der Waals surface area contributed by atoms with Gasteiger partial charge in [0.2, 0.25) is 0 Å². The number of H-pyrrole nitrogens is 1. The molecule has 0 amide bonds. The maximum atomic E-state index is 15.7. The summed E-state index contributed by atoms with van der Waals surface area (Å²) in [6.07, 6.45) is 0.702. The van der Waals surface area contributed by atoms with Crippen LogP contribution in [0.25, 0.3) is 10.9 Å². The van der Waals surface area contributed by atoms with E-state index in [9.17, 15) is 13.2 Å². The Kier molecular flexibility index (Phi) is 6.96. The number of ether oxygens (including phenoxy) is 1. The third-order valence-corrected chi connectivity index (χ3v) is 7.29. The maximum absolute atomic E-state index is 15.7. The number of hydrogen-bond acceptors (Lipinski definition) is 3. The molecule has 2 atom stereocenters. The van der Waals surface area contributed by atoms with E-state index in [1.165, 1.54) is 38.1 Å². The van der Waals surface area contributed by atoms with Crippen molar-refractivity contribution in [3.8, 4) is 5.75 Å². The van der Waals surface area contributed by atoms with Crippen LogP contribution in [0.15, 0.2) is 30.3 Å². The average molecular weight is 522 g/mol. The summed E-state index contributed by atoms with van der Waals surface area (Å²) >= 11 is 0. The van der Waals surface area contributed by atoms with Crippen LogP contribution in [0.1, 0.15) is 50.1 Å². The van der Waals surface area contributed by atoms with Crippen LogP contribution in [0.4, 0.5) is 22.0 Å². The fraction of sp³-hybridized carbons (Fsp3) is 0.500. The summed E-state index contributed by atoms with van der Waals surface area (Å²) < 4.78 is 78.5. The zero-order valence-corrected chi connectivity index (χ0v) is 21.3. The Morgan fingerprint density at radius 3 is 2.43 bits per heavy atom. The van der Waals surface area contributed by atoms with Gasteiger partial charge in [-0.15, -0.1) is 0 Å². The summed E-state index contributed by atoms with van der Waals surface area (Å²) in [5.41, 5.74) is 0.164. The molecule has 0 bridgehead atoms. The number of nitrogens with one attached hydrogen (secondary N) is 1. The lowest BCUT2D eigenvalue weighted by molar-refractivity contribution is 0.0179. The van der Waals surface area contributed by atoms with Crippen molar-refractivity contribution in [3.63, 3.8) is 0 Å². The summed E-state index contributed by atoms with van der Waals surface area (Å²) in [5.74, 6) is -1.90. The Morgan fingerprint density at radius 2 is 1.78 bits per heavy atom. The number of likely N-dealkylation sites (tertiary alicyclic amines) is 1. The molecule has 1 fully saturated rings. The molecule has 1 aromatic heterocycles. The zero-order chi connectivity index (χ0) is 26.5. The summed E-state index contributed by atoms with van der Waals surface area (Å²) in [6, 6.07) is 5.51. The molecule has 0 saturated carbocycles. The van der Waals surface area contributed by atoms with Crippen molar-refractivity contribution in [1.29, 1.82) is 0 Å². The van der Waals surface area contributed by atoms with Gasteiger partial charge in [-0.05, 0) is 57.4 Å². The molecular formula is C28H32F5N3O. The SMILES string of the molecule is CC1Cc2c([nH]c3ccc(F)cc23)C(c2c(F)cc(OC3CN(CCCF)C3)cc2F)N1CC(C)(C)F. The molecule has 37 heavy (non-hydrogen) atoms. The Labute approximate surface area is 213 Å². The molecule has 4 nitrogen and oxygen atoms in total. The molecule has 200 valence electrons. The van der Waals surface area contributed by atoms with Crippen molar-refractivity contribution in [2.75, 3.05) is 32.9 Å². The summed E-state index contributed by atoms with van der Waals surface area (Å²) in [5, 5.41) is 0.661. The molecule has 2 aromatic carbocycles. The van der Waals surface area contributed by atoms with Gasteiger partial charge in [0.05, 0.1) is 12.7 Å². The number of aromatic amines is 1. The molecule has 2 unspecified atom stereocenters. The smallest absolute Gasteiger partial charge is 0.135 e. The molecule has 0 spiro atoms. The highest BCUT2D eigenvalue weighted by atomic mass is 19.2. The Bertz CT molecular complexity index is 1260. The minimum atomic E-state index is -1.61. The van der Waals surface area contributed by atoms with Crippen LogP contribution >= 0.6 is 0 Å². The minimum Gasteiger partial charge on any atom is -0.488 e. The Hall–Kier alpha value is -2.65. The van der Waals surface area contributed by atoms with E-state index >= 15 is 8.78 Å². The van der Waals surface area contributed by atoms with Crippen molar-refractivity contribution >= 4 is 10.9 Å². The van der Waals surface area contributed by atoms with Crippen molar-refractivity contribution in [1.82, 2.24) is 14.8 Å². The van der Waals surface area contributed by atoms with Gasteiger partial charge >= 0.3 is 0 Å². The number of benzene rings is 2. The maximum Gasteiger partial charge on any atom is 0.135 e. The third kappa shape index (κ3) is 5.21. The quantitative estimate of drug-likeness (QED) is 0.364. The number of fused-ring (bicyclic) bond motifs is 3. The molecular weight excluding hydrogens is 489 g/mol. The second-order valence-corrected chi connectivity index (χ2v) is 10.9. The average Bonchev–Trinajstić information content (AvgIpc) is 3.13. The number of aromatic nitrogens is 1. The van der Waals surface area contributed by atoms with Crippen LogP contribution in [0.3, 0.4) is 0 Å². The lowest BCUT2D eigenvalue weighted by Crippen LogP contribution is -2.53. The molecule has 0 aliphatic carbocycles. The largest absolute Gasteiger partial charge is 0.488 e. The zero-order valence-electron chi connectivity index (χ0n) is 21.3. The Balaban J connectivity index is 1.51. The van der Waals surface area contributed by atoms with Crippen LogP contribution in [0.5, 0.6) is 5.75 Å². The number of alkyl halides is 2. The van der Waals surface area contributed by atoms with E-state index < -0.39 is 29.2 Å². The summed E-state index contributed by atoms with van der Waals surface area (Å²) in [4.78, 5) is 7.03.